The van der Waals surface area contributed by atoms with E-state index in [1.165, 1.54) is 6.07 Å². The molecule has 0 radical (unpaired) electrons. The van der Waals surface area contributed by atoms with E-state index in [1.54, 1.807) is 6.07 Å². The number of hydrazine groups is 1. The average Bonchev–Trinajstić information content (AvgIpc) is 2.49. The van der Waals surface area contributed by atoms with E-state index in [0.29, 0.717) is 6.42 Å². The van der Waals surface area contributed by atoms with Crippen molar-refractivity contribution in [3.63, 3.8) is 0 Å². The molecule has 0 aliphatic carbocycles. The van der Waals surface area contributed by atoms with Gasteiger partial charge in [0.2, 0.25) is 0 Å². The fourth-order valence-electron chi connectivity index (χ4n) is 2.20. The summed E-state index contributed by atoms with van der Waals surface area (Å²) in [6, 6.07) is 12.7. The van der Waals surface area contributed by atoms with Crippen LogP contribution < -0.4 is 16.2 Å². The molecule has 0 saturated carbocycles. The molecule has 0 aromatic heterocycles. The van der Waals surface area contributed by atoms with Crippen molar-refractivity contribution in [3.8, 4) is 0 Å². The molecular formula is C16H19ClFN3. The summed E-state index contributed by atoms with van der Waals surface area (Å²) in [6.45, 7) is 0. The maximum Gasteiger partial charge on any atom is 0.142 e. The Kier molecular flexibility index (Phi) is 5.17. The van der Waals surface area contributed by atoms with Gasteiger partial charge in [-0.15, -0.1) is 0 Å². The molecule has 2 rings (SSSR count). The molecule has 112 valence electrons. The van der Waals surface area contributed by atoms with Crippen molar-refractivity contribution < 1.29 is 4.39 Å². The highest BCUT2D eigenvalue weighted by Gasteiger charge is 2.14. The zero-order valence-electron chi connectivity index (χ0n) is 12.1. The van der Waals surface area contributed by atoms with Gasteiger partial charge in [0.05, 0.1) is 11.1 Å². The highest BCUT2D eigenvalue weighted by atomic mass is 35.5. The number of halogens is 2. The Hall–Kier alpha value is -1.62. The molecule has 0 heterocycles. The van der Waals surface area contributed by atoms with E-state index < -0.39 is 5.82 Å². The molecule has 1 unspecified atom stereocenters. The number of nitrogens with two attached hydrogens (primary N) is 1. The lowest BCUT2D eigenvalue weighted by Gasteiger charge is -2.19. The van der Waals surface area contributed by atoms with E-state index in [4.69, 9.17) is 17.4 Å². The lowest BCUT2D eigenvalue weighted by Crippen LogP contribution is -2.29. The van der Waals surface area contributed by atoms with Gasteiger partial charge in [0.1, 0.15) is 5.82 Å². The van der Waals surface area contributed by atoms with Crippen LogP contribution in [0.5, 0.6) is 0 Å². The quantitative estimate of drug-likeness (QED) is 0.658. The number of rotatable bonds is 5. The SMILES string of the molecule is CN(C)c1ccc(C(Cc2cccc(F)c2Cl)NN)cc1. The second-order valence-electron chi connectivity index (χ2n) is 5.12. The Morgan fingerprint density at radius 3 is 2.43 bits per heavy atom. The van der Waals surface area contributed by atoms with Gasteiger partial charge in [0.15, 0.2) is 0 Å². The summed E-state index contributed by atoms with van der Waals surface area (Å²) in [4.78, 5) is 2.03. The van der Waals surface area contributed by atoms with Gasteiger partial charge in [-0.05, 0) is 35.7 Å². The third kappa shape index (κ3) is 3.73. The Morgan fingerprint density at radius 2 is 1.86 bits per heavy atom. The second kappa shape index (κ2) is 6.89. The zero-order valence-corrected chi connectivity index (χ0v) is 12.9. The summed E-state index contributed by atoms with van der Waals surface area (Å²) in [5, 5.41) is 0.155. The molecule has 1 atom stereocenters. The summed E-state index contributed by atoms with van der Waals surface area (Å²) in [5.74, 6) is 5.23. The molecule has 0 spiro atoms. The molecule has 0 bridgehead atoms. The van der Waals surface area contributed by atoms with Crippen LogP contribution in [0.15, 0.2) is 42.5 Å². The zero-order chi connectivity index (χ0) is 15.4. The van der Waals surface area contributed by atoms with E-state index in [2.05, 4.69) is 5.43 Å². The lowest BCUT2D eigenvalue weighted by atomic mass is 9.99. The van der Waals surface area contributed by atoms with Crippen molar-refractivity contribution in [1.82, 2.24) is 5.43 Å². The molecular weight excluding hydrogens is 289 g/mol. The Morgan fingerprint density at radius 1 is 1.19 bits per heavy atom. The molecule has 0 saturated heterocycles. The number of nitrogens with one attached hydrogen (secondary N) is 1. The van der Waals surface area contributed by atoms with Crippen LogP contribution in [0.25, 0.3) is 0 Å². The lowest BCUT2D eigenvalue weighted by molar-refractivity contribution is 0.549. The fraction of sp³-hybridized carbons (Fsp3) is 0.250. The molecule has 3 nitrogen and oxygen atoms in total. The summed E-state index contributed by atoms with van der Waals surface area (Å²) in [6.07, 6.45) is 0.522. The van der Waals surface area contributed by atoms with Gasteiger partial charge < -0.3 is 4.90 Å². The van der Waals surface area contributed by atoms with Crippen LogP contribution >= 0.6 is 11.6 Å². The van der Waals surface area contributed by atoms with Crippen LogP contribution in [0.2, 0.25) is 5.02 Å². The molecule has 0 aliphatic heterocycles. The number of hydrogen-bond donors (Lipinski definition) is 2. The summed E-state index contributed by atoms with van der Waals surface area (Å²) >= 11 is 6.00. The van der Waals surface area contributed by atoms with Gasteiger partial charge in [-0.3, -0.25) is 11.3 Å². The van der Waals surface area contributed by atoms with Crippen molar-refractivity contribution in [3.05, 3.63) is 64.4 Å². The third-order valence-corrected chi connectivity index (χ3v) is 3.89. The minimum absolute atomic E-state index is 0.125. The normalized spacial score (nSPS) is 12.2. The Bertz CT molecular complexity index is 599. The van der Waals surface area contributed by atoms with Gasteiger partial charge in [0.25, 0.3) is 0 Å². The first-order chi connectivity index (χ1) is 10.0. The van der Waals surface area contributed by atoms with Crippen LogP contribution in [0.1, 0.15) is 17.2 Å². The summed E-state index contributed by atoms with van der Waals surface area (Å²) in [5.41, 5.74) is 5.64. The molecule has 21 heavy (non-hydrogen) atoms. The van der Waals surface area contributed by atoms with Gasteiger partial charge in [-0.2, -0.15) is 0 Å². The predicted octanol–water partition coefficient (Wildman–Crippen LogP) is 3.29. The average molecular weight is 308 g/mol. The van der Waals surface area contributed by atoms with Gasteiger partial charge >= 0.3 is 0 Å². The van der Waals surface area contributed by atoms with E-state index in [9.17, 15) is 4.39 Å². The molecule has 0 amide bonds. The van der Waals surface area contributed by atoms with Gasteiger partial charge in [0, 0.05) is 19.8 Å². The van der Waals surface area contributed by atoms with Crippen molar-refractivity contribution in [2.75, 3.05) is 19.0 Å². The van der Waals surface area contributed by atoms with Crippen LogP contribution in [0.3, 0.4) is 0 Å². The number of benzene rings is 2. The maximum absolute atomic E-state index is 13.5. The Balaban J connectivity index is 2.21. The van der Waals surface area contributed by atoms with Crippen molar-refractivity contribution >= 4 is 17.3 Å². The standard InChI is InChI=1S/C16H19ClFN3/c1-21(2)13-8-6-11(7-9-13)15(20-19)10-12-4-3-5-14(18)16(12)17/h3-9,15,20H,10,19H2,1-2H3. The number of nitrogens with zero attached hydrogens (tertiary/aromatic N) is 1. The molecule has 0 fully saturated rings. The first-order valence-electron chi connectivity index (χ1n) is 6.69. The summed E-state index contributed by atoms with van der Waals surface area (Å²) < 4.78 is 13.5. The van der Waals surface area contributed by atoms with Crippen LogP contribution in [0, 0.1) is 5.82 Å². The topological polar surface area (TPSA) is 41.3 Å². The largest absolute Gasteiger partial charge is 0.378 e. The molecule has 0 aliphatic rings. The second-order valence-corrected chi connectivity index (χ2v) is 5.50. The third-order valence-electron chi connectivity index (χ3n) is 3.47. The molecule has 2 aromatic rings. The minimum atomic E-state index is -0.409. The highest BCUT2D eigenvalue weighted by Crippen LogP contribution is 2.26. The molecule has 5 heteroatoms. The predicted molar refractivity (Wildman–Crippen MR) is 85.9 cm³/mol. The Labute approximate surface area is 129 Å². The monoisotopic (exact) mass is 307 g/mol. The highest BCUT2D eigenvalue weighted by molar-refractivity contribution is 6.31. The number of anilines is 1. The molecule has 3 N–H and O–H groups in total. The summed E-state index contributed by atoms with van der Waals surface area (Å²) in [7, 11) is 3.97. The van der Waals surface area contributed by atoms with Crippen molar-refractivity contribution in [1.29, 1.82) is 0 Å². The van der Waals surface area contributed by atoms with Crippen LogP contribution in [0.4, 0.5) is 10.1 Å². The van der Waals surface area contributed by atoms with Crippen molar-refractivity contribution in [2.45, 2.75) is 12.5 Å². The number of hydrogen-bond acceptors (Lipinski definition) is 3. The van der Waals surface area contributed by atoms with Crippen LogP contribution in [-0.2, 0) is 6.42 Å². The fourth-order valence-corrected chi connectivity index (χ4v) is 2.41. The van der Waals surface area contributed by atoms with E-state index in [0.717, 1.165) is 16.8 Å². The maximum atomic E-state index is 13.5. The van der Waals surface area contributed by atoms with E-state index in [1.807, 2.05) is 49.3 Å². The first-order valence-corrected chi connectivity index (χ1v) is 7.07. The van der Waals surface area contributed by atoms with Gasteiger partial charge in [-0.1, -0.05) is 35.9 Å². The minimum Gasteiger partial charge on any atom is -0.378 e. The van der Waals surface area contributed by atoms with Crippen LogP contribution in [-0.4, -0.2) is 14.1 Å². The molecule has 2 aromatic carbocycles. The van der Waals surface area contributed by atoms with Gasteiger partial charge in [-0.25, -0.2) is 4.39 Å². The van der Waals surface area contributed by atoms with E-state index >= 15 is 0 Å². The first kappa shape index (κ1) is 15.8. The van der Waals surface area contributed by atoms with E-state index in [-0.39, 0.29) is 11.1 Å². The van der Waals surface area contributed by atoms with Crippen molar-refractivity contribution in [2.24, 2.45) is 5.84 Å². The smallest absolute Gasteiger partial charge is 0.142 e.